The molecule has 0 rings (SSSR count). The van der Waals surface area contributed by atoms with Gasteiger partial charge in [0.05, 0.1) is 13.3 Å². The third-order valence-electron chi connectivity index (χ3n) is 0.611. The molecule has 0 bridgehead atoms. The second-order valence-electron chi connectivity index (χ2n) is 1.29. The molecule has 0 saturated carbocycles. The van der Waals surface area contributed by atoms with Gasteiger partial charge in [0.25, 0.3) is 0 Å². The van der Waals surface area contributed by atoms with Crippen LogP contribution in [0.3, 0.4) is 0 Å². The highest BCUT2D eigenvalue weighted by atomic mass is 16.5. The van der Waals surface area contributed by atoms with Gasteiger partial charge in [-0.25, -0.2) is 0 Å². The zero-order valence-electron chi connectivity index (χ0n) is 4.59. The van der Waals surface area contributed by atoms with Gasteiger partial charge >= 0.3 is 0 Å². The third kappa shape index (κ3) is 5.39. The second-order valence-corrected chi connectivity index (χ2v) is 1.29. The van der Waals surface area contributed by atoms with Gasteiger partial charge in [0.15, 0.2) is 0 Å². The molecule has 4 heteroatoms. The van der Waals surface area contributed by atoms with Crippen molar-refractivity contribution in [1.82, 2.24) is 0 Å². The van der Waals surface area contributed by atoms with Crippen molar-refractivity contribution in [2.24, 2.45) is 11.5 Å². The number of hydrogen-bond donors (Lipinski definition) is 2. The molecule has 4 N–H and O–H groups in total. The molecule has 0 aliphatic carbocycles. The number of hydrogen-bond acceptors (Lipinski definition) is 3. The summed E-state index contributed by atoms with van der Waals surface area (Å²) in [5, 5.41) is 0. The van der Waals surface area contributed by atoms with Gasteiger partial charge in [-0.15, -0.1) is 0 Å². The van der Waals surface area contributed by atoms with Gasteiger partial charge in [-0.05, 0) is 0 Å². The minimum atomic E-state index is -0.363. The zero-order chi connectivity index (χ0) is 6.41. The molecular formula is C4H10N2O2. The van der Waals surface area contributed by atoms with E-state index >= 15 is 0 Å². The molecule has 0 heterocycles. The quantitative estimate of drug-likeness (QED) is 0.359. The Balaban J connectivity index is 2.82. The van der Waals surface area contributed by atoms with E-state index in [0.29, 0.717) is 6.61 Å². The maximum Gasteiger partial charge on any atom is 0.219 e. The summed E-state index contributed by atoms with van der Waals surface area (Å²) in [6.07, 6.45) is 0.247. The van der Waals surface area contributed by atoms with E-state index in [-0.39, 0.29) is 19.1 Å². The largest absolute Gasteiger partial charge is 0.370 e. The molecule has 0 aromatic rings. The molecule has 8 heavy (non-hydrogen) atoms. The second kappa shape index (κ2) is 4.55. The molecule has 0 aliphatic rings. The fourth-order valence-corrected chi connectivity index (χ4v) is 0.256. The Morgan fingerprint density at radius 2 is 2.25 bits per heavy atom. The standard InChI is InChI=1S/C4H10N2O2/c5-3-8-2-1-4(6)7/h1-3,5H2,(H2,6,7). The van der Waals surface area contributed by atoms with E-state index in [9.17, 15) is 4.79 Å². The molecular weight excluding hydrogens is 108 g/mol. The summed E-state index contributed by atoms with van der Waals surface area (Å²) in [5.41, 5.74) is 9.71. The van der Waals surface area contributed by atoms with Crippen LogP contribution < -0.4 is 11.5 Å². The van der Waals surface area contributed by atoms with Gasteiger partial charge in [-0.2, -0.15) is 0 Å². The molecule has 0 aromatic heterocycles. The average molecular weight is 118 g/mol. The number of rotatable bonds is 4. The number of primary amides is 1. The number of ether oxygens (including phenoxy) is 1. The van der Waals surface area contributed by atoms with E-state index < -0.39 is 0 Å². The summed E-state index contributed by atoms with van der Waals surface area (Å²) >= 11 is 0. The minimum absolute atomic E-state index is 0.146. The third-order valence-corrected chi connectivity index (χ3v) is 0.611. The van der Waals surface area contributed by atoms with Gasteiger partial charge in [-0.1, -0.05) is 0 Å². The fraction of sp³-hybridized carbons (Fsp3) is 0.750. The SMILES string of the molecule is NCOCCC(N)=O. The fourth-order valence-electron chi connectivity index (χ4n) is 0.256. The predicted molar refractivity (Wildman–Crippen MR) is 28.8 cm³/mol. The van der Waals surface area contributed by atoms with Crippen molar-refractivity contribution in [3.8, 4) is 0 Å². The highest BCUT2D eigenvalue weighted by molar-refractivity contribution is 5.73. The Bertz CT molecular complexity index is 74.4. The van der Waals surface area contributed by atoms with E-state index in [1.807, 2.05) is 0 Å². The lowest BCUT2D eigenvalue weighted by atomic mass is 10.4. The Morgan fingerprint density at radius 3 is 2.62 bits per heavy atom. The van der Waals surface area contributed by atoms with Crippen LogP contribution >= 0.6 is 0 Å². The number of carbonyl (C=O) groups excluding carboxylic acids is 1. The molecule has 4 nitrogen and oxygen atoms in total. The van der Waals surface area contributed by atoms with Crippen LogP contribution in [0.2, 0.25) is 0 Å². The Labute approximate surface area is 47.8 Å². The molecule has 0 spiro atoms. The van der Waals surface area contributed by atoms with Gasteiger partial charge in [0, 0.05) is 6.42 Å². The summed E-state index contributed by atoms with van der Waals surface area (Å²) < 4.78 is 4.62. The summed E-state index contributed by atoms with van der Waals surface area (Å²) in [6, 6.07) is 0. The Morgan fingerprint density at radius 1 is 1.62 bits per heavy atom. The highest BCUT2D eigenvalue weighted by Crippen LogP contribution is 1.75. The maximum atomic E-state index is 9.98. The van der Waals surface area contributed by atoms with Crippen molar-refractivity contribution >= 4 is 5.91 Å². The molecule has 0 radical (unpaired) electrons. The van der Waals surface area contributed by atoms with Crippen molar-refractivity contribution in [3.05, 3.63) is 0 Å². The molecule has 0 unspecified atom stereocenters. The molecule has 0 aromatic carbocycles. The Kier molecular flexibility index (Phi) is 4.20. The smallest absolute Gasteiger partial charge is 0.219 e. The predicted octanol–water partition coefficient (Wildman–Crippen LogP) is -1.21. The number of carbonyl (C=O) groups is 1. The van der Waals surface area contributed by atoms with Crippen LogP contribution in [0.4, 0.5) is 0 Å². The topological polar surface area (TPSA) is 78.3 Å². The molecule has 1 amide bonds. The van der Waals surface area contributed by atoms with Crippen molar-refractivity contribution in [1.29, 1.82) is 0 Å². The highest BCUT2D eigenvalue weighted by Gasteiger charge is 1.90. The Hall–Kier alpha value is -0.610. The first-order valence-electron chi connectivity index (χ1n) is 2.33. The summed E-state index contributed by atoms with van der Waals surface area (Å²) in [5.74, 6) is -0.363. The first kappa shape index (κ1) is 7.39. The molecule has 0 atom stereocenters. The lowest BCUT2D eigenvalue weighted by Gasteiger charge is -1.94. The van der Waals surface area contributed by atoms with E-state index in [2.05, 4.69) is 4.74 Å². The lowest BCUT2D eigenvalue weighted by Crippen LogP contribution is -2.15. The van der Waals surface area contributed by atoms with Gasteiger partial charge in [-0.3, -0.25) is 4.79 Å². The van der Waals surface area contributed by atoms with E-state index in [1.165, 1.54) is 0 Å². The van der Waals surface area contributed by atoms with Crippen molar-refractivity contribution in [3.63, 3.8) is 0 Å². The van der Waals surface area contributed by atoms with Gasteiger partial charge in [0.1, 0.15) is 0 Å². The van der Waals surface area contributed by atoms with Crippen molar-refractivity contribution in [2.45, 2.75) is 6.42 Å². The van der Waals surface area contributed by atoms with Crippen LogP contribution in [-0.2, 0) is 9.53 Å². The van der Waals surface area contributed by atoms with Crippen LogP contribution in [0.1, 0.15) is 6.42 Å². The lowest BCUT2D eigenvalue weighted by molar-refractivity contribution is -0.119. The summed E-state index contributed by atoms with van der Waals surface area (Å²) in [4.78, 5) is 9.98. The minimum Gasteiger partial charge on any atom is -0.370 e. The molecule has 0 aliphatic heterocycles. The molecule has 48 valence electrons. The number of nitrogens with two attached hydrogens (primary N) is 2. The van der Waals surface area contributed by atoms with Crippen LogP contribution in [-0.4, -0.2) is 19.2 Å². The van der Waals surface area contributed by atoms with Crippen molar-refractivity contribution in [2.75, 3.05) is 13.3 Å². The monoisotopic (exact) mass is 118 g/mol. The van der Waals surface area contributed by atoms with Crippen LogP contribution in [0.25, 0.3) is 0 Å². The normalized spacial score (nSPS) is 9.12. The first-order valence-corrected chi connectivity index (χ1v) is 2.33. The van der Waals surface area contributed by atoms with Crippen LogP contribution in [0.5, 0.6) is 0 Å². The zero-order valence-corrected chi connectivity index (χ0v) is 4.59. The van der Waals surface area contributed by atoms with Crippen molar-refractivity contribution < 1.29 is 9.53 Å². The van der Waals surface area contributed by atoms with E-state index in [1.54, 1.807) is 0 Å². The van der Waals surface area contributed by atoms with E-state index in [4.69, 9.17) is 11.5 Å². The number of amides is 1. The van der Waals surface area contributed by atoms with E-state index in [0.717, 1.165) is 0 Å². The van der Waals surface area contributed by atoms with Crippen LogP contribution in [0.15, 0.2) is 0 Å². The molecule has 0 fully saturated rings. The summed E-state index contributed by atoms with van der Waals surface area (Å²) in [6.45, 7) is 0.471. The van der Waals surface area contributed by atoms with Gasteiger partial charge < -0.3 is 16.2 Å². The average Bonchev–Trinajstić information content (AvgIpc) is 1.66. The van der Waals surface area contributed by atoms with Gasteiger partial charge in [0.2, 0.25) is 5.91 Å². The first-order chi connectivity index (χ1) is 3.77. The van der Waals surface area contributed by atoms with Crippen LogP contribution in [0, 0.1) is 0 Å². The molecule has 0 saturated heterocycles. The summed E-state index contributed by atoms with van der Waals surface area (Å²) in [7, 11) is 0. The maximum absolute atomic E-state index is 9.98.